The third-order valence-electron chi connectivity index (χ3n) is 4.42. The fourth-order valence-electron chi connectivity index (χ4n) is 3.22. The summed E-state index contributed by atoms with van der Waals surface area (Å²) in [4.78, 5) is 19.0. The zero-order chi connectivity index (χ0) is 21.3. The second-order valence-electron chi connectivity index (χ2n) is 8.14. The van der Waals surface area contributed by atoms with Crippen molar-refractivity contribution in [1.82, 2.24) is 15.5 Å². The van der Waals surface area contributed by atoms with Crippen molar-refractivity contribution in [1.29, 1.82) is 0 Å². The highest BCUT2D eigenvalue weighted by Crippen LogP contribution is 2.15. The lowest BCUT2D eigenvalue weighted by Gasteiger charge is -2.23. The van der Waals surface area contributed by atoms with Crippen LogP contribution in [0, 0.1) is 0 Å². The lowest BCUT2D eigenvalue weighted by Crippen LogP contribution is -2.44. The number of likely N-dealkylation sites (tertiary alicyclic amines) is 1. The van der Waals surface area contributed by atoms with Gasteiger partial charge < -0.3 is 25.0 Å². The normalized spacial score (nSPS) is 16.6. The van der Waals surface area contributed by atoms with Crippen LogP contribution in [0.15, 0.2) is 29.3 Å². The number of benzene rings is 1. The van der Waals surface area contributed by atoms with Crippen LogP contribution in [-0.4, -0.2) is 61.4 Å². The largest absolute Gasteiger partial charge is 0.494 e. The Morgan fingerprint density at radius 3 is 2.73 bits per heavy atom. The van der Waals surface area contributed by atoms with Gasteiger partial charge in [0.2, 0.25) is 0 Å². The molecule has 1 saturated heterocycles. The minimum atomic E-state index is -0.488. The number of alkyl carbamates (subject to hydrolysis) is 1. The zero-order valence-electron chi connectivity index (χ0n) is 18.9. The fraction of sp³-hybridized carbons (Fsp3) is 0.636. The molecule has 2 N–H and O–H groups in total. The van der Waals surface area contributed by atoms with Crippen molar-refractivity contribution in [2.75, 3.05) is 32.8 Å². The van der Waals surface area contributed by atoms with Crippen molar-refractivity contribution in [2.45, 2.75) is 59.1 Å². The molecule has 1 aromatic rings. The number of ether oxygens (including phenoxy) is 2. The quantitative estimate of drug-likeness (QED) is 0.318. The number of hydrogen-bond donors (Lipinski definition) is 2. The summed E-state index contributed by atoms with van der Waals surface area (Å²) in [6.45, 7) is 13.4. The van der Waals surface area contributed by atoms with Crippen molar-refractivity contribution in [2.24, 2.45) is 4.99 Å². The van der Waals surface area contributed by atoms with Gasteiger partial charge in [-0.05, 0) is 65.2 Å². The molecule has 0 spiro atoms. The van der Waals surface area contributed by atoms with Gasteiger partial charge in [0.15, 0.2) is 5.96 Å². The van der Waals surface area contributed by atoms with E-state index in [9.17, 15) is 4.79 Å². The Morgan fingerprint density at radius 2 is 2.07 bits per heavy atom. The van der Waals surface area contributed by atoms with E-state index in [0.29, 0.717) is 13.2 Å². The molecule has 0 unspecified atom stereocenters. The highest BCUT2D eigenvalue weighted by Gasteiger charge is 2.27. The third kappa shape index (κ3) is 9.40. The molecule has 2 rings (SSSR count). The van der Waals surface area contributed by atoms with E-state index in [-0.39, 0.29) is 36.1 Å². The lowest BCUT2D eigenvalue weighted by atomic mass is 10.1. The van der Waals surface area contributed by atoms with Crippen molar-refractivity contribution < 1.29 is 14.3 Å². The number of halogens is 1. The van der Waals surface area contributed by atoms with Gasteiger partial charge in [-0.3, -0.25) is 4.99 Å². The first-order chi connectivity index (χ1) is 13.8. The molecule has 1 aliphatic rings. The summed E-state index contributed by atoms with van der Waals surface area (Å²) in [7, 11) is 0. The molecular weight excluding hydrogens is 495 g/mol. The summed E-state index contributed by atoms with van der Waals surface area (Å²) < 4.78 is 10.9. The number of nitrogens with one attached hydrogen (secondary N) is 2. The average Bonchev–Trinajstić information content (AvgIpc) is 3.08. The topological polar surface area (TPSA) is 75.2 Å². The van der Waals surface area contributed by atoms with Gasteiger partial charge in [0.1, 0.15) is 11.4 Å². The van der Waals surface area contributed by atoms with Crippen LogP contribution in [0.4, 0.5) is 4.79 Å². The van der Waals surface area contributed by atoms with Gasteiger partial charge in [-0.25, -0.2) is 4.79 Å². The average molecular weight is 532 g/mol. The maximum Gasteiger partial charge on any atom is 0.407 e. The molecule has 1 aliphatic heterocycles. The van der Waals surface area contributed by atoms with Gasteiger partial charge in [0, 0.05) is 26.2 Å². The molecule has 170 valence electrons. The van der Waals surface area contributed by atoms with Crippen molar-refractivity contribution >= 4 is 36.0 Å². The van der Waals surface area contributed by atoms with Gasteiger partial charge in [-0.1, -0.05) is 12.1 Å². The summed E-state index contributed by atoms with van der Waals surface area (Å²) in [5.41, 5.74) is 0.722. The van der Waals surface area contributed by atoms with Crippen molar-refractivity contribution in [3.05, 3.63) is 29.8 Å². The van der Waals surface area contributed by atoms with E-state index in [1.54, 1.807) is 0 Å². The second-order valence-corrected chi connectivity index (χ2v) is 8.14. The molecule has 0 aliphatic carbocycles. The second kappa shape index (κ2) is 12.9. The number of rotatable bonds is 7. The smallest absolute Gasteiger partial charge is 0.407 e. The molecule has 1 amide bonds. The Bertz CT molecular complexity index is 691. The number of hydrogen-bond acceptors (Lipinski definition) is 4. The summed E-state index contributed by atoms with van der Waals surface area (Å²) in [6, 6.07) is 8.23. The minimum absolute atomic E-state index is 0. The van der Waals surface area contributed by atoms with Crippen LogP contribution in [0.3, 0.4) is 0 Å². The van der Waals surface area contributed by atoms with Crippen LogP contribution in [0.25, 0.3) is 0 Å². The number of carbonyl (C=O) groups excluding carboxylic acids is 1. The molecule has 8 heteroatoms. The maximum absolute atomic E-state index is 12.0. The van der Waals surface area contributed by atoms with E-state index < -0.39 is 5.60 Å². The van der Waals surface area contributed by atoms with Crippen LogP contribution < -0.4 is 15.4 Å². The maximum atomic E-state index is 12.0. The van der Waals surface area contributed by atoms with E-state index in [1.165, 1.54) is 5.56 Å². The summed E-state index contributed by atoms with van der Waals surface area (Å²) in [5, 5.41) is 6.32. The van der Waals surface area contributed by atoms with Crippen LogP contribution >= 0.6 is 24.0 Å². The first-order valence-electron chi connectivity index (χ1n) is 10.5. The van der Waals surface area contributed by atoms with Gasteiger partial charge in [-0.15, -0.1) is 24.0 Å². The standard InChI is InChI=1S/C22H36N4O3.HI/c1-6-23-20(24-13-11-17-9-8-10-19(15-17)28-7-2)26-14-12-18(16-26)25-21(27)29-22(3,4)5;/h8-10,15,18H,6-7,11-14,16H2,1-5H3,(H,23,24)(H,25,27);1H/t18-;/m1./s1. The van der Waals surface area contributed by atoms with Crippen molar-refractivity contribution in [3.8, 4) is 5.75 Å². The molecule has 1 fully saturated rings. The lowest BCUT2D eigenvalue weighted by molar-refractivity contribution is 0.0507. The number of carbonyl (C=O) groups is 1. The molecular formula is C22H37IN4O3. The van der Waals surface area contributed by atoms with Gasteiger partial charge in [0.25, 0.3) is 0 Å². The number of guanidine groups is 1. The first kappa shape index (κ1) is 26.3. The Morgan fingerprint density at radius 1 is 1.30 bits per heavy atom. The highest BCUT2D eigenvalue weighted by atomic mass is 127. The Hall–Kier alpha value is -1.71. The minimum Gasteiger partial charge on any atom is -0.494 e. The molecule has 1 heterocycles. The summed E-state index contributed by atoms with van der Waals surface area (Å²) in [6.07, 6.45) is 1.36. The predicted molar refractivity (Wildman–Crippen MR) is 132 cm³/mol. The number of aliphatic imine (C=N–C) groups is 1. The monoisotopic (exact) mass is 532 g/mol. The van der Waals surface area contributed by atoms with Gasteiger partial charge in [0.05, 0.1) is 12.6 Å². The first-order valence-corrected chi connectivity index (χ1v) is 10.5. The van der Waals surface area contributed by atoms with E-state index in [2.05, 4.69) is 34.6 Å². The van der Waals surface area contributed by atoms with Crippen LogP contribution in [0.1, 0.15) is 46.6 Å². The van der Waals surface area contributed by atoms with Crippen LogP contribution in [-0.2, 0) is 11.2 Å². The predicted octanol–water partition coefficient (Wildman–Crippen LogP) is 3.81. The van der Waals surface area contributed by atoms with E-state index in [4.69, 9.17) is 14.5 Å². The highest BCUT2D eigenvalue weighted by molar-refractivity contribution is 14.0. The fourth-order valence-corrected chi connectivity index (χ4v) is 3.22. The van der Waals surface area contributed by atoms with E-state index >= 15 is 0 Å². The third-order valence-corrected chi connectivity index (χ3v) is 4.42. The van der Waals surface area contributed by atoms with Gasteiger partial charge >= 0.3 is 6.09 Å². The molecule has 0 saturated carbocycles. The van der Waals surface area contributed by atoms with Crippen LogP contribution in [0.5, 0.6) is 5.75 Å². The summed E-state index contributed by atoms with van der Waals surface area (Å²) >= 11 is 0. The molecule has 0 radical (unpaired) electrons. The molecule has 0 bridgehead atoms. The summed E-state index contributed by atoms with van der Waals surface area (Å²) in [5.74, 6) is 1.79. The number of nitrogens with zero attached hydrogens (tertiary/aromatic N) is 2. The molecule has 1 aromatic carbocycles. The Labute approximate surface area is 198 Å². The van der Waals surface area contributed by atoms with E-state index in [1.807, 2.05) is 39.8 Å². The Balaban J connectivity index is 0.00000450. The van der Waals surface area contributed by atoms with Crippen LogP contribution in [0.2, 0.25) is 0 Å². The van der Waals surface area contributed by atoms with Crippen molar-refractivity contribution in [3.63, 3.8) is 0 Å². The van der Waals surface area contributed by atoms with Gasteiger partial charge in [-0.2, -0.15) is 0 Å². The molecule has 7 nitrogen and oxygen atoms in total. The molecule has 0 aromatic heterocycles. The molecule has 1 atom stereocenters. The molecule has 30 heavy (non-hydrogen) atoms. The Kier molecular flexibility index (Phi) is 11.3. The SMILES string of the molecule is CCNC(=NCCc1cccc(OCC)c1)N1CC[C@@H](NC(=O)OC(C)(C)C)C1.I. The van der Waals surface area contributed by atoms with E-state index in [0.717, 1.165) is 44.2 Å². The number of amides is 1. The zero-order valence-corrected chi connectivity index (χ0v) is 21.2.